The van der Waals surface area contributed by atoms with Gasteiger partial charge in [-0.25, -0.2) is 0 Å². The minimum atomic E-state index is 0.0284. The fourth-order valence-electron chi connectivity index (χ4n) is 1.70. The van der Waals surface area contributed by atoms with Crippen LogP contribution in [0.2, 0.25) is 0 Å². The molecular weight excluding hydrogens is 216 g/mol. The zero-order valence-electron chi connectivity index (χ0n) is 9.72. The summed E-state index contributed by atoms with van der Waals surface area (Å²) in [5, 5.41) is 0. The Kier molecular flexibility index (Phi) is 4.33. The van der Waals surface area contributed by atoms with Gasteiger partial charge in [-0.2, -0.15) is 0 Å². The number of Topliss-reactive ketones (excluding diaryl/α,β-unsaturated/α-hetero) is 1. The maximum Gasteiger partial charge on any atom is 0.187 e. The minimum Gasteiger partial charge on any atom is -0.501 e. The van der Waals surface area contributed by atoms with Gasteiger partial charge in [0.25, 0.3) is 0 Å². The van der Waals surface area contributed by atoms with Crippen molar-refractivity contribution in [3.05, 3.63) is 47.7 Å². The Balaban J connectivity index is 1.75. The molecule has 1 heterocycles. The van der Waals surface area contributed by atoms with Crippen molar-refractivity contribution < 1.29 is 14.3 Å². The molecule has 0 bridgehead atoms. The van der Waals surface area contributed by atoms with E-state index in [4.69, 9.17) is 9.47 Å². The van der Waals surface area contributed by atoms with Gasteiger partial charge in [-0.05, 0) is 18.4 Å². The molecule has 1 aromatic rings. The maximum absolute atomic E-state index is 11.7. The second-order valence-corrected chi connectivity index (χ2v) is 4.02. The van der Waals surface area contributed by atoms with Crippen LogP contribution in [0, 0.1) is 0 Å². The number of rotatable bonds is 5. The first-order valence-electron chi connectivity index (χ1n) is 5.82. The van der Waals surface area contributed by atoms with E-state index in [-0.39, 0.29) is 12.4 Å². The quantitative estimate of drug-likeness (QED) is 0.782. The van der Waals surface area contributed by atoms with Crippen LogP contribution in [0.15, 0.2) is 42.2 Å². The topological polar surface area (TPSA) is 35.5 Å². The van der Waals surface area contributed by atoms with Gasteiger partial charge in [-0.15, -0.1) is 0 Å². The van der Waals surface area contributed by atoms with Gasteiger partial charge in [0.05, 0.1) is 19.5 Å². The van der Waals surface area contributed by atoms with Gasteiger partial charge in [0.1, 0.15) is 6.61 Å². The number of ether oxygens (including phenoxy) is 2. The number of hydrogen-bond donors (Lipinski definition) is 0. The van der Waals surface area contributed by atoms with Crippen molar-refractivity contribution in [1.29, 1.82) is 0 Å². The van der Waals surface area contributed by atoms with Gasteiger partial charge in [-0.3, -0.25) is 4.79 Å². The molecule has 0 atom stereocenters. The molecule has 0 unspecified atom stereocenters. The van der Waals surface area contributed by atoms with Crippen molar-refractivity contribution in [3.8, 4) is 0 Å². The molecule has 90 valence electrons. The van der Waals surface area contributed by atoms with Crippen molar-refractivity contribution in [2.45, 2.75) is 19.4 Å². The van der Waals surface area contributed by atoms with Crippen LogP contribution in [0.25, 0.3) is 0 Å². The Bertz CT molecular complexity index is 395. The molecule has 1 aromatic carbocycles. The van der Waals surface area contributed by atoms with Crippen LogP contribution in [0.1, 0.15) is 18.4 Å². The van der Waals surface area contributed by atoms with E-state index in [1.54, 1.807) is 6.26 Å². The summed E-state index contributed by atoms with van der Waals surface area (Å²) in [7, 11) is 0. The Labute approximate surface area is 101 Å². The van der Waals surface area contributed by atoms with E-state index in [1.807, 2.05) is 30.3 Å². The first-order valence-corrected chi connectivity index (χ1v) is 5.82. The SMILES string of the molecule is O=C(COCc1ccccc1)C1=COCCC1. The van der Waals surface area contributed by atoms with E-state index >= 15 is 0 Å². The number of benzene rings is 1. The Morgan fingerprint density at radius 1 is 1.29 bits per heavy atom. The van der Waals surface area contributed by atoms with Gasteiger partial charge in [0, 0.05) is 5.57 Å². The van der Waals surface area contributed by atoms with Crippen molar-refractivity contribution in [2.24, 2.45) is 0 Å². The standard InChI is InChI=1S/C14H16O3/c15-14(13-7-4-8-16-10-13)11-17-9-12-5-2-1-3-6-12/h1-3,5-6,10H,4,7-9,11H2. The van der Waals surface area contributed by atoms with Gasteiger partial charge in [0.15, 0.2) is 5.78 Å². The van der Waals surface area contributed by atoms with Gasteiger partial charge >= 0.3 is 0 Å². The van der Waals surface area contributed by atoms with Crippen LogP contribution >= 0.6 is 0 Å². The van der Waals surface area contributed by atoms with Crippen LogP contribution in [0.5, 0.6) is 0 Å². The molecular formula is C14H16O3. The number of ketones is 1. The average Bonchev–Trinajstić information content (AvgIpc) is 2.41. The second-order valence-electron chi connectivity index (χ2n) is 4.02. The van der Waals surface area contributed by atoms with E-state index < -0.39 is 0 Å². The summed E-state index contributed by atoms with van der Waals surface area (Å²) < 4.78 is 10.5. The van der Waals surface area contributed by atoms with Crippen LogP contribution < -0.4 is 0 Å². The zero-order chi connectivity index (χ0) is 11.9. The lowest BCUT2D eigenvalue weighted by atomic mass is 10.1. The Morgan fingerprint density at radius 3 is 2.82 bits per heavy atom. The fourth-order valence-corrected chi connectivity index (χ4v) is 1.70. The number of hydrogen-bond acceptors (Lipinski definition) is 3. The molecule has 0 fully saturated rings. The van der Waals surface area contributed by atoms with E-state index in [0.29, 0.717) is 13.2 Å². The summed E-state index contributed by atoms with van der Waals surface area (Å²) in [4.78, 5) is 11.7. The molecule has 1 aliphatic rings. The molecule has 1 aliphatic heterocycles. The van der Waals surface area contributed by atoms with E-state index in [2.05, 4.69) is 0 Å². The molecule has 0 aliphatic carbocycles. The summed E-state index contributed by atoms with van der Waals surface area (Å²) in [6.07, 6.45) is 3.28. The summed E-state index contributed by atoms with van der Waals surface area (Å²) in [6, 6.07) is 9.83. The van der Waals surface area contributed by atoms with Crippen molar-refractivity contribution in [2.75, 3.05) is 13.2 Å². The highest BCUT2D eigenvalue weighted by atomic mass is 16.5. The Hall–Kier alpha value is -1.61. The third kappa shape index (κ3) is 3.71. The largest absolute Gasteiger partial charge is 0.501 e. The van der Waals surface area contributed by atoms with Crippen LogP contribution in [0.4, 0.5) is 0 Å². The molecule has 0 radical (unpaired) electrons. The van der Waals surface area contributed by atoms with Crippen molar-refractivity contribution >= 4 is 5.78 Å². The van der Waals surface area contributed by atoms with Crippen molar-refractivity contribution in [3.63, 3.8) is 0 Å². The molecule has 0 amide bonds. The first-order chi connectivity index (χ1) is 8.36. The zero-order valence-corrected chi connectivity index (χ0v) is 9.72. The predicted octanol–water partition coefficient (Wildman–Crippen LogP) is 2.47. The van der Waals surface area contributed by atoms with Gasteiger partial charge in [-0.1, -0.05) is 30.3 Å². The van der Waals surface area contributed by atoms with Gasteiger partial charge < -0.3 is 9.47 Å². The molecule has 0 aromatic heterocycles. The lowest BCUT2D eigenvalue weighted by molar-refractivity contribution is -0.120. The highest BCUT2D eigenvalue weighted by Crippen LogP contribution is 2.13. The lowest BCUT2D eigenvalue weighted by Gasteiger charge is -2.12. The van der Waals surface area contributed by atoms with Crippen LogP contribution in [-0.2, 0) is 20.9 Å². The fraction of sp³-hybridized carbons (Fsp3) is 0.357. The van der Waals surface area contributed by atoms with E-state index in [9.17, 15) is 4.79 Å². The molecule has 2 rings (SSSR count). The third-order valence-corrected chi connectivity index (χ3v) is 2.64. The number of carbonyl (C=O) groups excluding carboxylic acids is 1. The molecule has 3 heteroatoms. The molecule has 0 spiro atoms. The molecule has 0 saturated heterocycles. The summed E-state index contributed by atoms with van der Waals surface area (Å²) in [5.41, 5.74) is 1.82. The smallest absolute Gasteiger partial charge is 0.187 e. The highest BCUT2D eigenvalue weighted by molar-refractivity contribution is 5.96. The van der Waals surface area contributed by atoms with E-state index in [0.717, 1.165) is 24.0 Å². The third-order valence-electron chi connectivity index (χ3n) is 2.64. The monoisotopic (exact) mass is 232 g/mol. The predicted molar refractivity (Wildman–Crippen MR) is 64.4 cm³/mol. The van der Waals surface area contributed by atoms with Crippen LogP contribution in [-0.4, -0.2) is 19.0 Å². The molecule has 3 nitrogen and oxygen atoms in total. The maximum atomic E-state index is 11.7. The molecule has 17 heavy (non-hydrogen) atoms. The minimum absolute atomic E-state index is 0.0284. The van der Waals surface area contributed by atoms with Crippen LogP contribution in [0.3, 0.4) is 0 Å². The van der Waals surface area contributed by atoms with Gasteiger partial charge in [0.2, 0.25) is 0 Å². The second kappa shape index (κ2) is 6.21. The first kappa shape index (κ1) is 11.9. The summed E-state index contributed by atoms with van der Waals surface area (Å²) in [5.74, 6) is 0.0284. The van der Waals surface area contributed by atoms with E-state index in [1.165, 1.54) is 0 Å². The lowest BCUT2D eigenvalue weighted by Crippen LogP contribution is -2.14. The normalized spacial score (nSPS) is 14.9. The average molecular weight is 232 g/mol. The van der Waals surface area contributed by atoms with Crippen molar-refractivity contribution in [1.82, 2.24) is 0 Å². The summed E-state index contributed by atoms with van der Waals surface area (Å²) in [6.45, 7) is 1.31. The number of carbonyl (C=O) groups is 1. The molecule has 0 saturated carbocycles. The molecule has 0 N–H and O–H groups in total. The highest BCUT2D eigenvalue weighted by Gasteiger charge is 2.13. The Morgan fingerprint density at radius 2 is 2.12 bits per heavy atom. The summed E-state index contributed by atoms with van der Waals surface area (Å²) >= 11 is 0.